The lowest BCUT2D eigenvalue weighted by atomic mass is 10.1. The van der Waals surface area contributed by atoms with Gasteiger partial charge in [0, 0.05) is 6.07 Å². The summed E-state index contributed by atoms with van der Waals surface area (Å²) in [5.74, 6) is 0.710. The number of aryl methyl sites for hydroxylation is 1. The van der Waals surface area contributed by atoms with Gasteiger partial charge in [0.1, 0.15) is 24.2 Å². The minimum Gasteiger partial charge on any atom is -0.486 e. The van der Waals surface area contributed by atoms with Gasteiger partial charge in [0.05, 0.1) is 36.4 Å². The molecule has 2 aromatic heterocycles. The Morgan fingerprint density at radius 3 is 2.81 bits per heavy atom. The minimum atomic E-state index is -0.472. The van der Waals surface area contributed by atoms with E-state index in [4.69, 9.17) is 9.15 Å². The first-order chi connectivity index (χ1) is 13.0. The van der Waals surface area contributed by atoms with Crippen molar-refractivity contribution in [2.75, 3.05) is 13.1 Å². The Balaban J connectivity index is 1.39. The van der Waals surface area contributed by atoms with Gasteiger partial charge < -0.3 is 14.1 Å². The van der Waals surface area contributed by atoms with Crippen LogP contribution in [0.2, 0.25) is 0 Å². The molecule has 0 spiro atoms. The number of hydrogen-bond donors (Lipinski definition) is 0. The second-order valence-corrected chi connectivity index (χ2v) is 6.46. The molecule has 138 valence electrons. The predicted octanol–water partition coefficient (Wildman–Crippen LogP) is 0.948. The third-order valence-electron chi connectivity index (χ3n) is 4.41. The molecule has 1 aliphatic rings. The SMILES string of the molecule is Cc1cc(OC2CN(C(=O)Cn3cnc4ccccc4c3=O)C2)cc(=O)o1. The summed E-state index contributed by atoms with van der Waals surface area (Å²) >= 11 is 0. The first-order valence-corrected chi connectivity index (χ1v) is 8.50. The van der Waals surface area contributed by atoms with Crippen molar-refractivity contribution in [2.24, 2.45) is 0 Å². The molecule has 3 aromatic rings. The first kappa shape index (κ1) is 17.0. The molecule has 1 aromatic carbocycles. The van der Waals surface area contributed by atoms with Gasteiger partial charge >= 0.3 is 5.63 Å². The van der Waals surface area contributed by atoms with Gasteiger partial charge in [-0.1, -0.05) is 12.1 Å². The molecule has 0 N–H and O–H groups in total. The van der Waals surface area contributed by atoms with Gasteiger partial charge in [-0.3, -0.25) is 14.2 Å². The zero-order valence-corrected chi connectivity index (χ0v) is 14.6. The summed E-state index contributed by atoms with van der Waals surface area (Å²) in [6.45, 7) is 2.39. The van der Waals surface area contributed by atoms with Crippen molar-refractivity contribution in [3.05, 3.63) is 69.3 Å². The van der Waals surface area contributed by atoms with Crippen molar-refractivity contribution in [3.8, 4) is 5.75 Å². The second kappa shape index (κ2) is 6.71. The van der Waals surface area contributed by atoms with Gasteiger partial charge in [-0.2, -0.15) is 0 Å². The first-order valence-electron chi connectivity index (χ1n) is 8.50. The maximum atomic E-state index is 12.5. The summed E-state index contributed by atoms with van der Waals surface area (Å²) < 4.78 is 11.9. The molecular formula is C19H17N3O5. The molecule has 0 unspecified atom stereocenters. The van der Waals surface area contributed by atoms with Gasteiger partial charge in [-0.05, 0) is 19.1 Å². The summed E-state index contributed by atoms with van der Waals surface area (Å²) in [5.41, 5.74) is -0.111. The number of ether oxygens (including phenoxy) is 1. The zero-order valence-electron chi connectivity index (χ0n) is 14.6. The Morgan fingerprint density at radius 2 is 2.04 bits per heavy atom. The third-order valence-corrected chi connectivity index (χ3v) is 4.41. The normalized spacial score (nSPS) is 14.2. The number of fused-ring (bicyclic) bond motifs is 1. The van der Waals surface area contributed by atoms with E-state index in [9.17, 15) is 14.4 Å². The van der Waals surface area contributed by atoms with Crippen LogP contribution in [0.1, 0.15) is 5.76 Å². The standard InChI is InChI=1S/C19H17N3O5/c1-12-6-13(7-18(24)26-12)27-14-8-21(9-14)17(23)10-22-11-20-16-5-3-2-4-15(16)19(22)25/h2-7,11,14H,8-10H2,1H3. The lowest BCUT2D eigenvalue weighted by Gasteiger charge is -2.39. The number of carbonyl (C=O) groups is 1. The van der Waals surface area contributed by atoms with E-state index in [1.807, 2.05) is 6.07 Å². The molecule has 0 saturated carbocycles. The monoisotopic (exact) mass is 367 g/mol. The van der Waals surface area contributed by atoms with Crippen molar-refractivity contribution in [3.63, 3.8) is 0 Å². The van der Waals surface area contributed by atoms with Crippen molar-refractivity contribution in [1.82, 2.24) is 14.5 Å². The summed E-state index contributed by atoms with van der Waals surface area (Å²) in [6.07, 6.45) is 1.20. The van der Waals surface area contributed by atoms with Crippen LogP contribution < -0.4 is 15.9 Å². The van der Waals surface area contributed by atoms with Crippen LogP contribution in [0, 0.1) is 6.92 Å². The van der Waals surface area contributed by atoms with E-state index in [0.29, 0.717) is 35.5 Å². The number of rotatable bonds is 4. The highest BCUT2D eigenvalue weighted by atomic mass is 16.5. The molecule has 0 aliphatic carbocycles. The van der Waals surface area contributed by atoms with Crippen LogP contribution in [0.3, 0.4) is 0 Å². The van der Waals surface area contributed by atoms with Crippen molar-refractivity contribution in [1.29, 1.82) is 0 Å². The highest BCUT2D eigenvalue weighted by Crippen LogP contribution is 2.18. The number of carbonyl (C=O) groups excluding carboxylic acids is 1. The van der Waals surface area contributed by atoms with Crippen molar-refractivity contribution < 1.29 is 13.9 Å². The lowest BCUT2D eigenvalue weighted by Crippen LogP contribution is -2.57. The van der Waals surface area contributed by atoms with Gasteiger partial charge in [-0.25, -0.2) is 9.78 Å². The summed E-state index contributed by atoms with van der Waals surface area (Å²) in [6, 6.07) is 9.93. The van der Waals surface area contributed by atoms with Gasteiger partial charge in [0.2, 0.25) is 5.91 Å². The molecule has 1 amide bonds. The number of amides is 1. The van der Waals surface area contributed by atoms with Crippen LogP contribution >= 0.6 is 0 Å². The molecule has 27 heavy (non-hydrogen) atoms. The number of aromatic nitrogens is 2. The molecule has 8 nitrogen and oxygen atoms in total. The van der Waals surface area contributed by atoms with E-state index in [1.54, 1.807) is 36.1 Å². The molecule has 1 aliphatic heterocycles. The molecule has 3 heterocycles. The lowest BCUT2D eigenvalue weighted by molar-refractivity contribution is -0.140. The average molecular weight is 367 g/mol. The van der Waals surface area contributed by atoms with Crippen molar-refractivity contribution >= 4 is 16.8 Å². The number of hydrogen-bond acceptors (Lipinski definition) is 6. The van der Waals surface area contributed by atoms with Crippen LogP contribution in [0.25, 0.3) is 10.9 Å². The van der Waals surface area contributed by atoms with E-state index in [2.05, 4.69) is 4.98 Å². The minimum absolute atomic E-state index is 0.0720. The topological polar surface area (TPSA) is 94.6 Å². The number of likely N-dealkylation sites (tertiary alicyclic amines) is 1. The molecule has 0 bridgehead atoms. The Morgan fingerprint density at radius 1 is 1.26 bits per heavy atom. The maximum Gasteiger partial charge on any atom is 0.339 e. The summed E-state index contributed by atoms with van der Waals surface area (Å²) in [4.78, 5) is 42.0. The van der Waals surface area contributed by atoms with Crippen LogP contribution in [0.4, 0.5) is 0 Å². The molecule has 4 rings (SSSR count). The van der Waals surface area contributed by atoms with E-state index in [0.717, 1.165) is 0 Å². The van der Waals surface area contributed by atoms with E-state index < -0.39 is 5.63 Å². The smallest absolute Gasteiger partial charge is 0.339 e. The molecule has 8 heteroatoms. The maximum absolute atomic E-state index is 12.5. The van der Waals surface area contributed by atoms with Crippen LogP contribution in [0.5, 0.6) is 5.75 Å². The molecule has 1 saturated heterocycles. The fourth-order valence-corrected chi connectivity index (χ4v) is 3.02. The Kier molecular flexibility index (Phi) is 4.23. The number of nitrogens with zero attached hydrogens (tertiary/aromatic N) is 3. The van der Waals surface area contributed by atoms with E-state index >= 15 is 0 Å². The van der Waals surface area contributed by atoms with Gasteiger partial charge in [-0.15, -0.1) is 0 Å². The highest BCUT2D eigenvalue weighted by molar-refractivity contribution is 5.79. The Bertz CT molecular complexity index is 1130. The molecular weight excluding hydrogens is 350 g/mol. The Hall–Kier alpha value is -3.42. The van der Waals surface area contributed by atoms with E-state index in [-0.39, 0.29) is 24.1 Å². The van der Waals surface area contributed by atoms with Crippen LogP contribution in [-0.2, 0) is 11.3 Å². The fourth-order valence-electron chi connectivity index (χ4n) is 3.02. The largest absolute Gasteiger partial charge is 0.486 e. The average Bonchev–Trinajstić information content (AvgIpc) is 2.59. The van der Waals surface area contributed by atoms with Crippen molar-refractivity contribution in [2.45, 2.75) is 19.6 Å². The van der Waals surface area contributed by atoms with Gasteiger partial charge in [0.15, 0.2) is 0 Å². The highest BCUT2D eigenvalue weighted by Gasteiger charge is 2.32. The summed E-state index contributed by atoms with van der Waals surface area (Å²) in [7, 11) is 0. The van der Waals surface area contributed by atoms with Crippen LogP contribution in [-0.4, -0.2) is 39.6 Å². The predicted molar refractivity (Wildman–Crippen MR) is 96.7 cm³/mol. The third kappa shape index (κ3) is 3.46. The van der Waals surface area contributed by atoms with E-state index in [1.165, 1.54) is 17.0 Å². The van der Waals surface area contributed by atoms with Gasteiger partial charge in [0.25, 0.3) is 5.56 Å². The number of benzene rings is 1. The zero-order chi connectivity index (χ0) is 19.0. The number of para-hydroxylation sites is 1. The quantitative estimate of drug-likeness (QED) is 0.681. The molecule has 1 fully saturated rings. The summed E-state index contributed by atoms with van der Waals surface area (Å²) in [5, 5.41) is 0.482. The fraction of sp³-hybridized carbons (Fsp3) is 0.263. The molecule has 0 radical (unpaired) electrons. The van der Waals surface area contributed by atoms with Crippen LogP contribution in [0.15, 0.2) is 56.7 Å². The Labute approximate surface area is 153 Å². The molecule has 0 atom stereocenters. The second-order valence-electron chi connectivity index (χ2n) is 6.46.